The molecule has 204 valence electrons. The van der Waals surface area contributed by atoms with Crippen molar-refractivity contribution in [3.63, 3.8) is 0 Å². The average Bonchev–Trinajstić information content (AvgIpc) is 3.22. The van der Waals surface area contributed by atoms with E-state index < -0.39 is 23.8 Å². The Morgan fingerprint density at radius 3 is 2.67 bits per heavy atom. The average molecular weight is 531 g/mol. The molecular formula is C29H34N6O4. The van der Waals surface area contributed by atoms with Crippen LogP contribution < -0.4 is 5.32 Å². The van der Waals surface area contributed by atoms with Gasteiger partial charge < -0.3 is 19.9 Å². The Morgan fingerprint density at radius 1 is 1.18 bits per heavy atom. The van der Waals surface area contributed by atoms with Crippen molar-refractivity contribution in [3.8, 4) is 12.1 Å². The number of fused-ring (bicyclic) bond motifs is 4. The molecule has 1 aromatic rings. The number of aryl methyl sites for hydroxylation is 1. The number of nitrogens with one attached hydrogen (secondary N) is 1. The van der Waals surface area contributed by atoms with E-state index in [1.165, 1.54) is 0 Å². The summed E-state index contributed by atoms with van der Waals surface area (Å²) < 4.78 is 5.45. The third kappa shape index (κ3) is 4.51. The number of rotatable bonds is 5. The van der Waals surface area contributed by atoms with Gasteiger partial charge in [0.25, 0.3) is 0 Å². The Balaban J connectivity index is 1.18. The van der Waals surface area contributed by atoms with Crippen LogP contribution in [-0.2, 0) is 20.7 Å². The molecule has 3 heterocycles. The molecule has 5 unspecified atom stereocenters. The molecule has 2 aliphatic carbocycles. The van der Waals surface area contributed by atoms with Gasteiger partial charge in [-0.3, -0.25) is 14.5 Å². The Kier molecular flexibility index (Phi) is 6.07. The van der Waals surface area contributed by atoms with Gasteiger partial charge in [-0.25, -0.2) is 4.79 Å². The van der Waals surface area contributed by atoms with Crippen LogP contribution in [0, 0.1) is 28.6 Å². The zero-order valence-electron chi connectivity index (χ0n) is 22.6. The lowest BCUT2D eigenvalue weighted by Gasteiger charge is -2.39. The number of nitrogens with zero attached hydrogens (tertiary/aromatic N) is 5. The first-order valence-corrected chi connectivity index (χ1v) is 13.9. The van der Waals surface area contributed by atoms with Crippen molar-refractivity contribution >= 4 is 17.9 Å². The highest BCUT2D eigenvalue weighted by Gasteiger charge is 2.57. The molecule has 1 N–H and O–H groups in total. The first-order chi connectivity index (χ1) is 18.6. The van der Waals surface area contributed by atoms with Gasteiger partial charge in [0.2, 0.25) is 11.8 Å². The van der Waals surface area contributed by atoms with Crippen LogP contribution in [0.15, 0.2) is 18.2 Å². The smallest absolute Gasteiger partial charge is 0.408 e. The summed E-state index contributed by atoms with van der Waals surface area (Å²) in [4.78, 5) is 45.8. The van der Waals surface area contributed by atoms with E-state index in [0.29, 0.717) is 30.9 Å². The molecule has 7 atom stereocenters. The molecular weight excluding hydrogens is 496 g/mol. The molecule has 4 fully saturated rings. The molecule has 5 aliphatic rings. The van der Waals surface area contributed by atoms with Crippen molar-refractivity contribution in [1.29, 1.82) is 10.5 Å². The zero-order valence-corrected chi connectivity index (χ0v) is 22.6. The van der Waals surface area contributed by atoms with E-state index in [0.717, 1.165) is 30.4 Å². The van der Waals surface area contributed by atoms with Crippen LogP contribution >= 0.6 is 0 Å². The number of piperazine rings is 1. The molecule has 3 aliphatic heterocycles. The third-order valence-corrected chi connectivity index (χ3v) is 8.88. The second-order valence-electron chi connectivity index (χ2n) is 12.6. The van der Waals surface area contributed by atoms with Crippen molar-refractivity contribution in [2.45, 2.75) is 94.7 Å². The maximum absolute atomic E-state index is 13.8. The highest BCUT2D eigenvalue weighted by atomic mass is 16.6. The van der Waals surface area contributed by atoms with Crippen molar-refractivity contribution in [2.75, 3.05) is 13.1 Å². The number of nitriles is 2. The Bertz CT molecular complexity index is 1310. The summed E-state index contributed by atoms with van der Waals surface area (Å²) >= 11 is 0. The Hall–Kier alpha value is -3.63. The maximum atomic E-state index is 13.8. The van der Waals surface area contributed by atoms with E-state index in [-0.39, 0.29) is 42.5 Å². The number of amides is 3. The number of ether oxygens (including phenoxy) is 1. The first-order valence-electron chi connectivity index (χ1n) is 13.9. The predicted molar refractivity (Wildman–Crippen MR) is 139 cm³/mol. The SMILES string of the molecule is CC(C)(C)OC(=O)NC(CN1C[C@@H]2CC1C(=O)N2[C@H]1CCc2cc(C#N)ccc21)C(=O)N1C(C#N)CC2CC21. The van der Waals surface area contributed by atoms with Crippen LogP contribution in [0.1, 0.15) is 69.2 Å². The number of likely N-dealkylation sites (tertiary alicyclic amines) is 3. The van der Waals surface area contributed by atoms with Crippen LogP contribution in [0.25, 0.3) is 0 Å². The van der Waals surface area contributed by atoms with Gasteiger partial charge in [0.05, 0.1) is 29.8 Å². The van der Waals surface area contributed by atoms with Gasteiger partial charge in [0.15, 0.2) is 0 Å². The van der Waals surface area contributed by atoms with Gasteiger partial charge in [-0.1, -0.05) is 6.07 Å². The Labute approximate surface area is 228 Å². The number of hydrogen-bond acceptors (Lipinski definition) is 7. The molecule has 0 spiro atoms. The topological polar surface area (TPSA) is 130 Å². The lowest BCUT2D eigenvalue weighted by Crippen LogP contribution is -2.59. The number of benzene rings is 1. The standard InChI is InChI=1S/C29H34N6O4/c1-29(2,3)39-28(38)32-22(26(36)34-19(13-31)9-18-10-24(18)34)15-33-14-20-11-25(33)27(37)35(20)23-7-5-17-8-16(12-30)4-6-21(17)23/h4,6,8,18-20,22-25H,5,7,9-11,14-15H2,1-3H3,(H,32,38)/t18?,19?,20-,22?,23-,24?,25?/m0/s1. The predicted octanol–water partition coefficient (Wildman–Crippen LogP) is 2.24. The molecule has 3 amide bonds. The fourth-order valence-corrected chi connectivity index (χ4v) is 7.19. The molecule has 39 heavy (non-hydrogen) atoms. The fourth-order valence-electron chi connectivity index (χ4n) is 7.19. The molecule has 6 rings (SSSR count). The summed E-state index contributed by atoms with van der Waals surface area (Å²) in [5, 5.41) is 21.7. The number of carbonyl (C=O) groups is 3. The number of piperidine rings is 1. The van der Waals surface area contributed by atoms with E-state index in [9.17, 15) is 24.9 Å². The van der Waals surface area contributed by atoms with Gasteiger partial charge >= 0.3 is 6.09 Å². The van der Waals surface area contributed by atoms with Crippen LogP contribution in [0.4, 0.5) is 4.79 Å². The normalized spacial score (nSPS) is 31.4. The second-order valence-corrected chi connectivity index (χ2v) is 12.6. The van der Waals surface area contributed by atoms with E-state index in [4.69, 9.17) is 4.74 Å². The van der Waals surface area contributed by atoms with E-state index in [2.05, 4.69) is 17.5 Å². The van der Waals surface area contributed by atoms with Crippen molar-refractivity contribution < 1.29 is 19.1 Å². The highest BCUT2D eigenvalue weighted by Crippen LogP contribution is 2.48. The summed E-state index contributed by atoms with van der Waals surface area (Å²) in [6.45, 7) is 6.10. The Morgan fingerprint density at radius 2 is 1.97 bits per heavy atom. The highest BCUT2D eigenvalue weighted by molar-refractivity contribution is 5.89. The lowest BCUT2D eigenvalue weighted by atomic mass is 10.0. The summed E-state index contributed by atoms with van der Waals surface area (Å²) in [6.07, 6.45) is 3.25. The van der Waals surface area contributed by atoms with Crippen molar-refractivity contribution in [2.24, 2.45) is 5.92 Å². The minimum atomic E-state index is -0.910. The quantitative estimate of drug-likeness (QED) is 0.618. The molecule has 2 bridgehead atoms. The summed E-state index contributed by atoms with van der Waals surface area (Å²) in [5.41, 5.74) is 2.17. The number of carbonyl (C=O) groups excluding carboxylic acids is 3. The molecule has 1 aromatic carbocycles. The van der Waals surface area contributed by atoms with Crippen LogP contribution in [-0.4, -0.2) is 81.5 Å². The van der Waals surface area contributed by atoms with E-state index >= 15 is 0 Å². The molecule has 10 heteroatoms. The van der Waals surface area contributed by atoms with Gasteiger partial charge in [0, 0.05) is 25.2 Å². The number of alkyl carbamates (subject to hydrolysis) is 1. The lowest BCUT2D eigenvalue weighted by molar-refractivity contribution is -0.141. The summed E-state index contributed by atoms with van der Waals surface area (Å²) in [6, 6.07) is 8.50. The summed E-state index contributed by atoms with van der Waals surface area (Å²) in [5.74, 6) is 0.134. The molecule has 0 aromatic heterocycles. The van der Waals surface area contributed by atoms with Gasteiger partial charge in [-0.15, -0.1) is 0 Å². The second kappa shape index (κ2) is 9.24. The van der Waals surface area contributed by atoms with E-state index in [1.807, 2.05) is 28.0 Å². The largest absolute Gasteiger partial charge is 0.444 e. The fraction of sp³-hybridized carbons (Fsp3) is 0.621. The van der Waals surface area contributed by atoms with Crippen LogP contribution in [0.2, 0.25) is 0 Å². The van der Waals surface area contributed by atoms with E-state index in [1.54, 1.807) is 25.7 Å². The van der Waals surface area contributed by atoms with Gasteiger partial charge in [-0.2, -0.15) is 10.5 Å². The van der Waals surface area contributed by atoms with Gasteiger partial charge in [0.1, 0.15) is 17.7 Å². The molecule has 10 nitrogen and oxygen atoms in total. The molecule has 1 saturated carbocycles. The molecule has 0 radical (unpaired) electrons. The monoisotopic (exact) mass is 530 g/mol. The number of hydrogen-bond donors (Lipinski definition) is 1. The maximum Gasteiger partial charge on any atom is 0.408 e. The minimum absolute atomic E-state index is 0.00231. The minimum Gasteiger partial charge on any atom is -0.444 e. The first kappa shape index (κ1) is 25.6. The molecule has 3 saturated heterocycles. The van der Waals surface area contributed by atoms with Crippen molar-refractivity contribution in [3.05, 3.63) is 34.9 Å². The van der Waals surface area contributed by atoms with Gasteiger partial charge in [-0.05, 0) is 82.1 Å². The van der Waals surface area contributed by atoms with Crippen molar-refractivity contribution in [1.82, 2.24) is 20.0 Å². The summed E-state index contributed by atoms with van der Waals surface area (Å²) in [7, 11) is 0. The van der Waals surface area contributed by atoms with Crippen LogP contribution in [0.3, 0.4) is 0 Å². The third-order valence-electron chi connectivity index (χ3n) is 8.88. The zero-order chi connectivity index (χ0) is 27.6. The van der Waals surface area contributed by atoms with Crippen LogP contribution in [0.5, 0.6) is 0 Å².